The maximum atomic E-state index is 2.31. The molecule has 0 saturated carbocycles. The molecular formula is C12H12AlN. The Kier molecular flexibility index (Phi) is 2.88. The summed E-state index contributed by atoms with van der Waals surface area (Å²) >= 11 is 0.998. The number of para-hydroxylation sites is 2. The number of hydrogen-bond acceptors (Lipinski definition) is 1. The lowest BCUT2D eigenvalue weighted by atomic mass is 10.3. The van der Waals surface area contributed by atoms with E-state index < -0.39 is 0 Å². The van der Waals surface area contributed by atoms with E-state index in [1.165, 1.54) is 11.4 Å². The van der Waals surface area contributed by atoms with Crippen LogP contribution in [-0.2, 0) is 0 Å². The summed E-state index contributed by atoms with van der Waals surface area (Å²) < 4.78 is 2.31. The SMILES string of the molecule is [AlH2][N](c1ccccc1)c1ccccc1. The molecule has 0 fully saturated rings. The molecule has 68 valence electrons. The lowest BCUT2D eigenvalue weighted by Gasteiger charge is -2.21. The van der Waals surface area contributed by atoms with E-state index in [1.807, 2.05) is 12.1 Å². The summed E-state index contributed by atoms with van der Waals surface area (Å²) in [4.78, 5) is 0. The van der Waals surface area contributed by atoms with E-state index in [0.29, 0.717) is 0 Å². The van der Waals surface area contributed by atoms with Crippen molar-refractivity contribution in [2.45, 2.75) is 0 Å². The summed E-state index contributed by atoms with van der Waals surface area (Å²) in [5.74, 6) is 0. The average molecular weight is 197 g/mol. The number of rotatable bonds is 2. The Balaban J connectivity index is 2.30. The minimum absolute atomic E-state index is 0.998. The molecule has 0 aliphatic heterocycles. The third-order valence-electron chi connectivity index (χ3n) is 2.29. The van der Waals surface area contributed by atoms with Crippen LogP contribution in [0.3, 0.4) is 0 Å². The van der Waals surface area contributed by atoms with Crippen LogP contribution in [0.2, 0.25) is 0 Å². The fraction of sp³-hybridized carbons (Fsp3) is 0. The van der Waals surface area contributed by atoms with Gasteiger partial charge in [0.2, 0.25) is 0 Å². The molecule has 0 N–H and O–H groups in total. The largest absolute Gasteiger partial charge is 0.441 e. The topological polar surface area (TPSA) is 3.24 Å². The molecule has 0 saturated heterocycles. The van der Waals surface area contributed by atoms with Gasteiger partial charge in [-0.1, -0.05) is 36.4 Å². The Morgan fingerprint density at radius 1 is 0.643 bits per heavy atom. The first-order valence-corrected chi connectivity index (χ1v) is 5.61. The zero-order chi connectivity index (χ0) is 9.80. The summed E-state index contributed by atoms with van der Waals surface area (Å²) in [7, 11) is 0. The molecule has 1 nitrogen and oxygen atoms in total. The highest BCUT2D eigenvalue weighted by Crippen LogP contribution is 2.21. The maximum absolute atomic E-state index is 2.31. The predicted molar refractivity (Wildman–Crippen MR) is 63.6 cm³/mol. The monoisotopic (exact) mass is 197 g/mol. The Morgan fingerprint density at radius 3 is 1.36 bits per heavy atom. The molecular weight excluding hydrogens is 185 g/mol. The minimum Gasteiger partial charge on any atom is -0.441 e. The number of benzene rings is 2. The highest BCUT2D eigenvalue weighted by atomic mass is 27.1. The Bertz CT molecular complexity index is 346. The van der Waals surface area contributed by atoms with E-state index in [9.17, 15) is 0 Å². The van der Waals surface area contributed by atoms with Crippen LogP contribution >= 0.6 is 0 Å². The second-order valence-corrected chi connectivity index (χ2v) is 4.12. The van der Waals surface area contributed by atoms with Crippen molar-refractivity contribution in [3.8, 4) is 0 Å². The first-order chi connectivity index (χ1) is 6.88. The van der Waals surface area contributed by atoms with Crippen molar-refractivity contribution < 1.29 is 0 Å². The van der Waals surface area contributed by atoms with Crippen molar-refractivity contribution in [1.82, 2.24) is 0 Å². The third kappa shape index (κ3) is 1.98. The molecule has 2 rings (SSSR count). The highest BCUT2D eigenvalue weighted by Gasteiger charge is 1.99. The number of nitrogens with zero attached hydrogens (tertiary/aromatic N) is 1. The fourth-order valence-corrected chi connectivity index (χ4v) is 2.05. The quantitative estimate of drug-likeness (QED) is 0.668. The van der Waals surface area contributed by atoms with Gasteiger partial charge in [0.15, 0.2) is 0 Å². The van der Waals surface area contributed by atoms with Gasteiger partial charge in [0.05, 0.1) is 0 Å². The molecule has 0 unspecified atom stereocenters. The second-order valence-electron chi connectivity index (χ2n) is 3.23. The van der Waals surface area contributed by atoms with Crippen molar-refractivity contribution in [3.05, 3.63) is 60.7 Å². The van der Waals surface area contributed by atoms with Gasteiger partial charge in [0.25, 0.3) is 0 Å². The van der Waals surface area contributed by atoms with Crippen molar-refractivity contribution in [2.75, 3.05) is 3.88 Å². The Labute approximate surface area is 92.6 Å². The van der Waals surface area contributed by atoms with Crippen LogP contribution in [0.1, 0.15) is 0 Å². The molecule has 0 aliphatic rings. The summed E-state index contributed by atoms with van der Waals surface area (Å²) in [6, 6.07) is 20.9. The average Bonchev–Trinajstić information content (AvgIpc) is 2.30. The molecule has 2 aromatic carbocycles. The normalized spacial score (nSPS) is 9.71. The zero-order valence-electron chi connectivity index (χ0n) is 8.22. The lowest BCUT2D eigenvalue weighted by Crippen LogP contribution is -2.10. The van der Waals surface area contributed by atoms with Crippen LogP contribution < -0.4 is 3.88 Å². The van der Waals surface area contributed by atoms with Crippen LogP contribution in [0.15, 0.2) is 60.7 Å². The van der Waals surface area contributed by atoms with Crippen molar-refractivity contribution in [3.63, 3.8) is 0 Å². The summed E-state index contributed by atoms with van der Waals surface area (Å²) in [6.45, 7) is 0. The fourth-order valence-electron chi connectivity index (χ4n) is 1.45. The summed E-state index contributed by atoms with van der Waals surface area (Å²) in [5.41, 5.74) is 2.54. The first-order valence-electron chi connectivity index (χ1n) is 4.72. The summed E-state index contributed by atoms with van der Waals surface area (Å²) in [6.07, 6.45) is 0. The zero-order valence-corrected chi connectivity index (χ0v) is 10.2. The van der Waals surface area contributed by atoms with Crippen LogP contribution in [0.5, 0.6) is 0 Å². The van der Waals surface area contributed by atoms with E-state index in [0.717, 1.165) is 16.5 Å². The molecule has 14 heavy (non-hydrogen) atoms. The smallest absolute Gasteiger partial charge is 0.370 e. The van der Waals surface area contributed by atoms with E-state index in [1.54, 1.807) is 0 Å². The van der Waals surface area contributed by atoms with Gasteiger partial charge >= 0.3 is 16.5 Å². The standard InChI is InChI=1S/C12H10N.Al.2H/c1-3-7-11(8-4-1)13-12-9-5-2-6-10-12;;;/h1-10H;;;/q-1;+1;;. The van der Waals surface area contributed by atoms with Gasteiger partial charge in [-0.05, 0) is 24.3 Å². The molecule has 0 spiro atoms. The van der Waals surface area contributed by atoms with Gasteiger partial charge in [0, 0.05) is 11.4 Å². The molecule has 0 atom stereocenters. The van der Waals surface area contributed by atoms with Crippen LogP contribution in [0, 0.1) is 0 Å². The molecule has 0 aliphatic carbocycles. The van der Waals surface area contributed by atoms with Gasteiger partial charge in [-0.15, -0.1) is 0 Å². The van der Waals surface area contributed by atoms with E-state index in [-0.39, 0.29) is 0 Å². The lowest BCUT2D eigenvalue weighted by molar-refractivity contribution is 1.41. The highest BCUT2D eigenvalue weighted by molar-refractivity contribution is 6.22. The van der Waals surface area contributed by atoms with Crippen LogP contribution in [0.25, 0.3) is 0 Å². The van der Waals surface area contributed by atoms with Gasteiger partial charge in [-0.25, -0.2) is 0 Å². The minimum atomic E-state index is 0.998. The third-order valence-corrected chi connectivity index (χ3v) is 3.32. The van der Waals surface area contributed by atoms with Crippen LogP contribution in [0.4, 0.5) is 11.4 Å². The molecule has 0 amide bonds. The molecule has 0 heterocycles. The predicted octanol–water partition coefficient (Wildman–Crippen LogP) is 2.37. The van der Waals surface area contributed by atoms with Gasteiger partial charge < -0.3 is 3.88 Å². The maximum Gasteiger partial charge on any atom is 0.370 e. The molecule has 2 heteroatoms. The van der Waals surface area contributed by atoms with E-state index >= 15 is 0 Å². The number of hydrogen-bond donors (Lipinski definition) is 0. The Morgan fingerprint density at radius 2 is 1.00 bits per heavy atom. The molecule has 2 aromatic rings. The van der Waals surface area contributed by atoms with E-state index in [2.05, 4.69) is 52.4 Å². The Hall–Kier alpha value is -1.23. The molecule has 0 aromatic heterocycles. The van der Waals surface area contributed by atoms with Gasteiger partial charge in [-0.2, -0.15) is 0 Å². The van der Waals surface area contributed by atoms with Crippen molar-refractivity contribution >= 4 is 27.9 Å². The first kappa shape index (κ1) is 9.33. The number of anilines is 2. The molecule has 0 bridgehead atoms. The van der Waals surface area contributed by atoms with Crippen molar-refractivity contribution in [2.24, 2.45) is 0 Å². The van der Waals surface area contributed by atoms with Crippen LogP contribution in [-0.4, -0.2) is 16.5 Å². The van der Waals surface area contributed by atoms with E-state index in [4.69, 9.17) is 0 Å². The summed E-state index contributed by atoms with van der Waals surface area (Å²) in [5, 5.41) is 0. The van der Waals surface area contributed by atoms with Gasteiger partial charge in [0.1, 0.15) is 0 Å². The van der Waals surface area contributed by atoms with Gasteiger partial charge in [-0.3, -0.25) is 0 Å². The second kappa shape index (κ2) is 4.33. The molecule has 0 radical (unpaired) electrons. The van der Waals surface area contributed by atoms with Crippen molar-refractivity contribution in [1.29, 1.82) is 0 Å².